The van der Waals surface area contributed by atoms with E-state index in [-0.39, 0.29) is 12.5 Å². The summed E-state index contributed by atoms with van der Waals surface area (Å²) in [6, 6.07) is 11.4. The molecule has 2 amide bonds. The molecule has 0 aromatic heterocycles. The fourth-order valence-corrected chi connectivity index (χ4v) is 4.25. The Morgan fingerprint density at radius 3 is 2.31 bits per heavy atom. The van der Waals surface area contributed by atoms with Crippen LogP contribution >= 0.6 is 11.6 Å². The predicted molar refractivity (Wildman–Crippen MR) is 128 cm³/mol. The lowest BCUT2D eigenvalue weighted by molar-refractivity contribution is -0.139. The van der Waals surface area contributed by atoms with Gasteiger partial charge in [0.2, 0.25) is 21.8 Å². The number of amides is 2. The Hall–Kier alpha value is -2.58. The maximum Gasteiger partial charge on any atom is 0.244 e. The van der Waals surface area contributed by atoms with Gasteiger partial charge in [-0.25, -0.2) is 8.42 Å². The quantitative estimate of drug-likeness (QED) is 0.598. The standard InChI is InChI=1S/C23H30ClN3O4S/c1-6-25-23(29)18(4)26(14-19-9-7-8-10-21(19)24)22(28)15-27(32(5,30)31)20-12-11-16(2)17(3)13-20/h7-13,18H,6,14-15H2,1-5H3,(H,25,29)/t18-/m0/s1. The number of rotatable bonds is 9. The number of benzene rings is 2. The van der Waals surface area contributed by atoms with Crippen LogP contribution in [0.2, 0.25) is 5.02 Å². The summed E-state index contributed by atoms with van der Waals surface area (Å²) < 4.78 is 26.2. The summed E-state index contributed by atoms with van der Waals surface area (Å²) in [4.78, 5) is 27.3. The van der Waals surface area contributed by atoms with Crippen molar-refractivity contribution < 1.29 is 18.0 Å². The highest BCUT2D eigenvalue weighted by atomic mass is 35.5. The van der Waals surface area contributed by atoms with Crippen molar-refractivity contribution in [2.75, 3.05) is 23.7 Å². The zero-order chi connectivity index (χ0) is 24.1. The van der Waals surface area contributed by atoms with Crippen molar-refractivity contribution in [3.8, 4) is 0 Å². The lowest BCUT2D eigenvalue weighted by Crippen LogP contribution is -2.51. The molecule has 0 aliphatic carbocycles. The monoisotopic (exact) mass is 479 g/mol. The van der Waals surface area contributed by atoms with Gasteiger partial charge in [0.05, 0.1) is 11.9 Å². The Bertz CT molecular complexity index is 1090. The van der Waals surface area contributed by atoms with E-state index in [1.807, 2.05) is 19.9 Å². The molecule has 9 heteroatoms. The van der Waals surface area contributed by atoms with Crippen LogP contribution in [-0.2, 0) is 26.2 Å². The van der Waals surface area contributed by atoms with Crippen molar-refractivity contribution in [2.45, 2.75) is 40.3 Å². The number of carbonyl (C=O) groups excluding carboxylic acids is 2. The van der Waals surface area contributed by atoms with E-state index in [0.29, 0.717) is 22.8 Å². The van der Waals surface area contributed by atoms with Crippen molar-refractivity contribution in [3.05, 3.63) is 64.2 Å². The third-order valence-corrected chi connectivity index (χ3v) is 6.78. The number of hydrogen-bond acceptors (Lipinski definition) is 4. The highest BCUT2D eigenvalue weighted by Crippen LogP contribution is 2.23. The van der Waals surface area contributed by atoms with Gasteiger partial charge < -0.3 is 10.2 Å². The normalized spacial score (nSPS) is 12.2. The van der Waals surface area contributed by atoms with Crippen LogP contribution < -0.4 is 9.62 Å². The molecule has 0 heterocycles. The highest BCUT2D eigenvalue weighted by molar-refractivity contribution is 7.92. The molecule has 0 fully saturated rings. The topological polar surface area (TPSA) is 86.8 Å². The molecule has 2 aromatic rings. The first kappa shape index (κ1) is 25.7. The van der Waals surface area contributed by atoms with Gasteiger partial charge in [0.15, 0.2) is 0 Å². The molecule has 0 saturated heterocycles. The molecule has 0 aliphatic heterocycles. The second-order valence-corrected chi connectivity index (χ2v) is 10.0. The maximum absolute atomic E-state index is 13.4. The number of likely N-dealkylation sites (N-methyl/N-ethyl adjacent to an activating group) is 1. The zero-order valence-corrected chi connectivity index (χ0v) is 20.6. The Labute approximate surface area is 195 Å². The van der Waals surface area contributed by atoms with Crippen molar-refractivity contribution >= 4 is 39.1 Å². The summed E-state index contributed by atoms with van der Waals surface area (Å²) in [6.45, 7) is 7.25. The van der Waals surface area contributed by atoms with E-state index < -0.39 is 28.5 Å². The predicted octanol–water partition coefficient (Wildman–Crippen LogP) is 3.28. The summed E-state index contributed by atoms with van der Waals surface area (Å²) in [5.41, 5.74) is 2.98. The number of carbonyl (C=O) groups is 2. The number of sulfonamides is 1. The third-order valence-electron chi connectivity index (χ3n) is 5.27. The highest BCUT2D eigenvalue weighted by Gasteiger charge is 2.30. The first-order valence-corrected chi connectivity index (χ1v) is 12.5. The van der Waals surface area contributed by atoms with Gasteiger partial charge in [0, 0.05) is 18.1 Å². The van der Waals surface area contributed by atoms with Gasteiger partial charge >= 0.3 is 0 Å². The molecule has 0 bridgehead atoms. The minimum absolute atomic E-state index is 0.0708. The Balaban J connectivity index is 2.42. The number of nitrogens with one attached hydrogen (secondary N) is 1. The minimum atomic E-state index is -3.75. The van der Waals surface area contributed by atoms with Crippen LogP contribution in [0.15, 0.2) is 42.5 Å². The van der Waals surface area contributed by atoms with E-state index in [1.165, 1.54) is 4.90 Å². The molecule has 0 radical (unpaired) electrons. The van der Waals surface area contributed by atoms with E-state index in [4.69, 9.17) is 11.6 Å². The van der Waals surface area contributed by atoms with E-state index in [9.17, 15) is 18.0 Å². The molecule has 0 aliphatic rings. The average Bonchev–Trinajstić information content (AvgIpc) is 2.72. The van der Waals surface area contributed by atoms with Crippen molar-refractivity contribution in [1.29, 1.82) is 0 Å². The van der Waals surface area contributed by atoms with Crippen molar-refractivity contribution in [1.82, 2.24) is 10.2 Å². The zero-order valence-electron chi connectivity index (χ0n) is 19.1. The number of hydrogen-bond donors (Lipinski definition) is 1. The lowest BCUT2D eigenvalue weighted by atomic mass is 10.1. The molecule has 0 saturated carbocycles. The molecule has 2 rings (SSSR count). The van der Waals surface area contributed by atoms with Crippen LogP contribution in [0.5, 0.6) is 0 Å². The van der Waals surface area contributed by atoms with Gasteiger partial charge in [-0.2, -0.15) is 0 Å². The van der Waals surface area contributed by atoms with Crippen LogP contribution in [-0.4, -0.2) is 50.5 Å². The molecule has 0 unspecified atom stereocenters. The number of halogens is 1. The largest absolute Gasteiger partial charge is 0.355 e. The first-order valence-electron chi connectivity index (χ1n) is 10.3. The van der Waals surface area contributed by atoms with E-state index in [0.717, 1.165) is 21.7 Å². The van der Waals surface area contributed by atoms with Crippen LogP contribution in [0.4, 0.5) is 5.69 Å². The Morgan fingerprint density at radius 1 is 1.09 bits per heavy atom. The number of anilines is 1. The molecule has 2 aromatic carbocycles. The summed E-state index contributed by atoms with van der Waals surface area (Å²) in [5.74, 6) is -0.836. The summed E-state index contributed by atoms with van der Waals surface area (Å²) in [6.07, 6.45) is 1.06. The van der Waals surface area contributed by atoms with Gasteiger partial charge in [0.1, 0.15) is 12.6 Å². The number of nitrogens with zero attached hydrogens (tertiary/aromatic N) is 2. The molecular formula is C23H30ClN3O4S. The minimum Gasteiger partial charge on any atom is -0.355 e. The van der Waals surface area contributed by atoms with Gasteiger partial charge in [0.25, 0.3) is 0 Å². The molecule has 0 spiro atoms. The summed E-state index contributed by atoms with van der Waals surface area (Å²) in [7, 11) is -3.75. The van der Waals surface area contributed by atoms with Crippen LogP contribution in [0, 0.1) is 13.8 Å². The second kappa shape index (κ2) is 10.8. The van der Waals surface area contributed by atoms with Gasteiger partial charge in [-0.15, -0.1) is 0 Å². The Kier molecular flexibility index (Phi) is 8.69. The molecule has 1 atom stereocenters. The van der Waals surface area contributed by atoms with Crippen LogP contribution in [0.25, 0.3) is 0 Å². The summed E-state index contributed by atoms with van der Waals surface area (Å²) >= 11 is 6.28. The summed E-state index contributed by atoms with van der Waals surface area (Å²) in [5, 5.41) is 3.17. The smallest absolute Gasteiger partial charge is 0.244 e. The molecule has 1 N–H and O–H groups in total. The first-order chi connectivity index (χ1) is 15.0. The van der Waals surface area contributed by atoms with Gasteiger partial charge in [-0.05, 0) is 62.6 Å². The molecule has 174 valence electrons. The Morgan fingerprint density at radius 2 is 1.75 bits per heavy atom. The second-order valence-electron chi connectivity index (χ2n) is 7.72. The van der Waals surface area contributed by atoms with E-state index >= 15 is 0 Å². The lowest BCUT2D eigenvalue weighted by Gasteiger charge is -2.31. The van der Waals surface area contributed by atoms with Gasteiger partial charge in [-0.1, -0.05) is 35.9 Å². The molecule has 7 nitrogen and oxygen atoms in total. The average molecular weight is 480 g/mol. The van der Waals surface area contributed by atoms with Crippen LogP contribution in [0.3, 0.4) is 0 Å². The van der Waals surface area contributed by atoms with Crippen molar-refractivity contribution in [2.24, 2.45) is 0 Å². The van der Waals surface area contributed by atoms with E-state index in [2.05, 4.69) is 5.32 Å². The van der Waals surface area contributed by atoms with E-state index in [1.54, 1.807) is 50.2 Å². The van der Waals surface area contributed by atoms with Crippen LogP contribution in [0.1, 0.15) is 30.5 Å². The van der Waals surface area contributed by atoms with Crippen molar-refractivity contribution in [3.63, 3.8) is 0 Å². The third kappa shape index (κ3) is 6.46. The fraction of sp³-hybridized carbons (Fsp3) is 0.391. The van der Waals surface area contributed by atoms with Gasteiger partial charge in [-0.3, -0.25) is 13.9 Å². The molecule has 32 heavy (non-hydrogen) atoms. The fourth-order valence-electron chi connectivity index (χ4n) is 3.21. The SMILES string of the molecule is CCNC(=O)[C@H](C)N(Cc1ccccc1Cl)C(=O)CN(c1ccc(C)c(C)c1)S(C)(=O)=O. The maximum atomic E-state index is 13.4. The molecular weight excluding hydrogens is 450 g/mol. The number of aryl methyl sites for hydroxylation is 2.